The number of carbonyl (C=O) groups is 1. The first-order chi connectivity index (χ1) is 13.7. The molecule has 0 saturated heterocycles. The van der Waals surface area contributed by atoms with Gasteiger partial charge in [-0.2, -0.15) is 0 Å². The summed E-state index contributed by atoms with van der Waals surface area (Å²) in [6.07, 6.45) is 2.37. The summed E-state index contributed by atoms with van der Waals surface area (Å²) >= 11 is 1.54. The fourth-order valence-corrected chi connectivity index (χ4v) is 3.48. The minimum atomic E-state index is -0.223. The molecule has 0 spiro atoms. The lowest BCUT2D eigenvalue weighted by atomic mass is 10.1. The number of ether oxygens (including phenoxy) is 3. The van der Waals surface area contributed by atoms with Crippen molar-refractivity contribution in [3.8, 4) is 28.0 Å². The second kappa shape index (κ2) is 9.18. The Bertz CT molecular complexity index is 919. The van der Waals surface area contributed by atoms with Crippen molar-refractivity contribution in [2.45, 2.75) is 6.42 Å². The fourth-order valence-electron chi connectivity index (χ4n) is 2.65. The van der Waals surface area contributed by atoms with Gasteiger partial charge in [-0.05, 0) is 24.3 Å². The minimum absolute atomic E-state index is 0.223. The van der Waals surface area contributed by atoms with Gasteiger partial charge in [-0.3, -0.25) is 9.78 Å². The molecule has 0 atom stereocenters. The molecular formula is C20H21N3O4S. The third-order valence-corrected chi connectivity index (χ3v) is 4.94. The predicted octanol–water partition coefficient (Wildman–Crippen LogP) is 3.20. The number of methoxy groups -OCH3 is 3. The first-order valence-corrected chi connectivity index (χ1v) is 9.48. The molecule has 3 rings (SSSR count). The molecule has 1 aromatic carbocycles. The molecular weight excluding hydrogens is 378 g/mol. The summed E-state index contributed by atoms with van der Waals surface area (Å²) in [4.78, 5) is 21.4. The van der Waals surface area contributed by atoms with Crippen molar-refractivity contribution in [1.82, 2.24) is 15.3 Å². The first-order valence-electron chi connectivity index (χ1n) is 8.60. The van der Waals surface area contributed by atoms with Gasteiger partial charge in [-0.1, -0.05) is 6.07 Å². The summed E-state index contributed by atoms with van der Waals surface area (Å²) in [5.41, 5.74) is 2.19. The minimum Gasteiger partial charge on any atom is -0.493 e. The van der Waals surface area contributed by atoms with Crippen molar-refractivity contribution in [2.24, 2.45) is 0 Å². The van der Waals surface area contributed by atoms with E-state index >= 15 is 0 Å². The van der Waals surface area contributed by atoms with Crippen LogP contribution in [0.2, 0.25) is 0 Å². The molecule has 0 aliphatic rings. The Labute approximate surface area is 167 Å². The lowest BCUT2D eigenvalue weighted by Gasteiger charge is -2.14. The quantitative estimate of drug-likeness (QED) is 0.626. The van der Waals surface area contributed by atoms with E-state index in [2.05, 4.69) is 15.3 Å². The number of nitrogens with zero attached hydrogens (tertiary/aromatic N) is 2. The van der Waals surface area contributed by atoms with Crippen molar-refractivity contribution >= 4 is 17.2 Å². The number of carbonyl (C=O) groups excluding carboxylic acids is 1. The van der Waals surface area contributed by atoms with Gasteiger partial charge >= 0.3 is 0 Å². The van der Waals surface area contributed by atoms with E-state index in [9.17, 15) is 4.79 Å². The maximum atomic E-state index is 12.5. The molecule has 1 amide bonds. The van der Waals surface area contributed by atoms with Gasteiger partial charge in [0.25, 0.3) is 5.91 Å². The van der Waals surface area contributed by atoms with E-state index < -0.39 is 0 Å². The Morgan fingerprint density at radius 3 is 2.46 bits per heavy atom. The van der Waals surface area contributed by atoms with Crippen LogP contribution in [0.3, 0.4) is 0 Å². The molecule has 0 aliphatic carbocycles. The van der Waals surface area contributed by atoms with Crippen LogP contribution in [0.25, 0.3) is 10.7 Å². The lowest BCUT2D eigenvalue weighted by molar-refractivity contribution is 0.0953. The SMILES string of the molecule is COc1cc(C(=O)NCCc2csc(-c3ccccn3)n2)cc(OC)c1OC. The molecule has 146 valence electrons. The van der Waals surface area contributed by atoms with Crippen LogP contribution in [0.1, 0.15) is 16.1 Å². The number of nitrogens with one attached hydrogen (secondary N) is 1. The summed E-state index contributed by atoms with van der Waals surface area (Å²) in [7, 11) is 4.55. The number of amides is 1. The highest BCUT2D eigenvalue weighted by Crippen LogP contribution is 2.38. The zero-order chi connectivity index (χ0) is 19.9. The van der Waals surface area contributed by atoms with Crippen LogP contribution in [0.4, 0.5) is 0 Å². The molecule has 0 saturated carbocycles. The molecule has 8 heteroatoms. The monoisotopic (exact) mass is 399 g/mol. The predicted molar refractivity (Wildman–Crippen MR) is 107 cm³/mol. The van der Waals surface area contributed by atoms with Crippen LogP contribution in [0.15, 0.2) is 41.9 Å². The van der Waals surface area contributed by atoms with Crippen molar-refractivity contribution in [2.75, 3.05) is 27.9 Å². The van der Waals surface area contributed by atoms with Crippen molar-refractivity contribution in [3.63, 3.8) is 0 Å². The van der Waals surface area contributed by atoms with Crippen LogP contribution in [0.5, 0.6) is 17.2 Å². The molecule has 0 aliphatic heterocycles. The number of hydrogen-bond donors (Lipinski definition) is 1. The maximum Gasteiger partial charge on any atom is 0.251 e. The lowest BCUT2D eigenvalue weighted by Crippen LogP contribution is -2.25. The van der Waals surface area contributed by atoms with Gasteiger partial charge in [-0.25, -0.2) is 4.98 Å². The molecule has 1 N–H and O–H groups in total. The van der Waals surface area contributed by atoms with Crippen LogP contribution in [0, 0.1) is 0 Å². The van der Waals surface area contributed by atoms with Crippen molar-refractivity contribution in [1.29, 1.82) is 0 Å². The molecule has 2 aromatic heterocycles. The standard InChI is InChI=1S/C20H21N3O4S/c1-25-16-10-13(11-17(26-2)18(16)27-3)19(24)22-9-7-14-12-28-20(23-14)15-6-4-5-8-21-15/h4-6,8,10-12H,7,9H2,1-3H3,(H,22,24). The average molecular weight is 399 g/mol. The van der Waals surface area contributed by atoms with Gasteiger partial charge in [0.2, 0.25) is 5.75 Å². The summed E-state index contributed by atoms with van der Waals surface area (Å²) in [5, 5.41) is 5.74. The number of hydrogen-bond acceptors (Lipinski definition) is 7. The normalized spacial score (nSPS) is 10.4. The van der Waals surface area contributed by atoms with Crippen molar-refractivity contribution < 1.29 is 19.0 Å². The Balaban J connectivity index is 1.63. The van der Waals surface area contributed by atoms with E-state index in [0.29, 0.717) is 35.8 Å². The van der Waals surface area contributed by atoms with E-state index in [0.717, 1.165) is 16.4 Å². The fraction of sp³-hybridized carbons (Fsp3) is 0.250. The third kappa shape index (κ3) is 4.40. The molecule has 28 heavy (non-hydrogen) atoms. The molecule has 7 nitrogen and oxygen atoms in total. The number of aromatic nitrogens is 2. The third-order valence-electron chi connectivity index (χ3n) is 4.03. The van der Waals surface area contributed by atoms with E-state index in [1.807, 2.05) is 23.6 Å². The topological polar surface area (TPSA) is 82.6 Å². The largest absolute Gasteiger partial charge is 0.493 e. The number of benzene rings is 1. The second-order valence-electron chi connectivity index (χ2n) is 5.78. The first kappa shape index (κ1) is 19.6. The van der Waals surface area contributed by atoms with Gasteiger partial charge in [-0.15, -0.1) is 11.3 Å². The van der Waals surface area contributed by atoms with E-state index in [4.69, 9.17) is 14.2 Å². The zero-order valence-corrected chi connectivity index (χ0v) is 16.7. The van der Waals surface area contributed by atoms with Crippen LogP contribution >= 0.6 is 11.3 Å². The maximum absolute atomic E-state index is 12.5. The summed E-state index contributed by atoms with van der Waals surface area (Å²) < 4.78 is 15.9. The van der Waals surface area contributed by atoms with Crippen LogP contribution in [-0.4, -0.2) is 43.7 Å². The summed E-state index contributed by atoms with van der Waals surface area (Å²) in [5.74, 6) is 1.10. The van der Waals surface area contributed by atoms with E-state index in [-0.39, 0.29) is 5.91 Å². The zero-order valence-electron chi connectivity index (χ0n) is 15.9. The second-order valence-corrected chi connectivity index (χ2v) is 6.64. The summed E-state index contributed by atoms with van der Waals surface area (Å²) in [6.45, 7) is 0.459. The number of rotatable bonds is 8. The highest BCUT2D eigenvalue weighted by molar-refractivity contribution is 7.13. The van der Waals surface area contributed by atoms with Crippen LogP contribution < -0.4 is 19.5 Å². The Morgan fingerprint density at radius 2 is 1.86 bits per heavy atom. The van der Waals surface area contributed by atoms with Gasteiger partial charge in [0.1, 0.15) is 5.01 Å². The van der Waals surface area contributed by atoms with Gasteiger partial charge in [0.15, 0.2) is 11.5 Å². The molecule has 0 radical (unpaired) electrons. The van der Waals surface area contributed by atoms with E-state index in [1.165, 1.54) is 32.7 Å². The summed E-state index contributed by atoms with van der Waals surface area (Å²) in [6, 6.07) is 8.98. The molecule has 0 fully saturated rings. The molecule has 0 unspecified atom stereocenters. The number of pyridine rings is 1. The average Bonchev–Trinajstić information content (AvgIpc) is 3.22. The van der Waals surface area contributed by atoms with Crippen LogP contribution in [-0.2, 0) is 6.42 Å². The smallest absolute Gasteiger partial charge is 0.251 e. The van der Waals surface area contributed by atoms with Gasteiger partial charge in [0, 0.05) is 30.1 Å². The van der Waals surface area contributed by atoms with E-state index in [1.54, 1.807) is 18.3 Å². The molecule has 2 heterocycles. The van der Waals surface area contributed by atoms with Crippen molar-refractivity contribution in [3.05, 3.63) is 53.2 Å². The molecule has 0 bridgehead atoms. The highest BCUT2D eigenvalue weighted by atomic mass is 32.1. The van der Waals surface area contributed by atoms with Gasteiger partial charge < -0.3 is 19.5 Å². The molecule has 3 aromatic rings. The highest BCUT2D eigenvalue weighted by Gasteiger charge is 2.17. The Morgan fingerprint density at radius 1 is 1.11 bits per heavy atom. The Kier molecular flexibility index (Phi) is 6.44. The number of thiazole rings is 1. The Hall–Kier alpha value is -3.13. The van der Waals surface area contributed by atoms with Gasteiger partial charge in [0.05, 0.1) is 32.7 Å².